The van der Waals surface area contributed by atoms with Crippen LogP contribution in [-0.4, -0.2) is 31.1 Å². The molecule has 1 aliphatic heterocycles. The Morgan fingerprint density at radius 3 is 2.50 bits per heavy atom. The average Bonchev–Trinajstić information content (AvgIpc) is 2.64. The van der Waals surface area contributed by atoms with Gasteiger partial charge in [0.05, 0.1) is 5.75 Å². The van der Waals surface area contributed by atoms with Crippen molar-refractivity contribution >= 4 is 27.4 Å². The number of hydrogen-bond acceptors (Lipinski definition) is 3. The van der Waals surface area contributed by atoms with Gasteiger partial charge in [0.2, 0.25) is 10.0 Å². The molecule has 0 spiro atoms. The Labute approximate surface area is 162 Å². The normalized spacial score (nSPS) is 14.4. The van der Waals surface area contributed by atoms with Crippen LogP contribution in [0, 0.1) is 11.6 Å². The summed E-state index contributed by atoms with van der Waals surface area (Å²) in [7, 11) is -3.31. The first-order chi connectivity index (χ1) is 13.3. The van der Waals surface area contributed by atoms with Crippen LogP contribution in [0.2, 0.25) is 0 Å². The maximum Gasteiger partial charge on any atom is 0.323 e. The molecular formula is C19H21F2N3O3S. The first-order valence-corrected chi connectivity index (χ1v) is 10.5. The molecule has 9 heteroatoms. The molecule has 150 valence electrons. The lowest BCUT2D eigenvalue weighted by molar-refractivity contribution is 0.262. The number of carbonyl (C=O) groups excluding carboxylic acids is 1. The molecule has 2 amide bonds. The van der Waals surface area contributed by atoms with Gasteiger partial charge in [-0.2, -0.15) is 4.31 Å². The molecule has 0 atom stereocenters. The third kappa shape index (κ3) is 4.48. The number of fused-ring (bicyclic) bond motifs is 1. The molecule has 0 aliphatic carbocycles. The van der Waals surface area contributed by atoms with Gasteiger partial charge in [0, 0.05) is 18.8 Å². The van der Waals surface area contributed by atoms with E-state index in [1.165, 1.54) is 10.4 Å². The van der Waals surface area contributed by atoms with Gasteiger partial charge in [0.1, 0.15) is 17.3 Å². The largest absolute Gasteiger partial charge is 0.323 e. The highest BCUT2D eigenvalue weighted by Crippen LogP contribution is 2.25. The molecule has 0 radical (unpaired) electrons. The second-order valence-corrected chi connectivity index (χ2v) is 8.65. The lowest BCUT2D eigenvalue weighted by Crippen LogP contribution is -2.37. The number of rotatable bonds is 5. The number of carbonyl (C=O) groups is 1. The fourth-order valence-corrected chi connectivity index (χ4v) is 4.61. The molecule has 1 aliphatic rings. The Kier molecular flexibility index (Phi) is 5.95. The number of sulfonamides is 1. The molecule has 0 bridgehead atoms. The van der Waals surface area contributed by atoms with Gasteiger partial charge in [-0.1, -0.05) is 19.1 Å². The number of urea groups is 1. The monoisotopic (exact) mass is 409 g/mol. The van der Waals surface area contributed by atoms with Crippen LogP contribution in [0.3, 0.4) is 0 Å². The molecule has 0 saturated heterocycles. The average molecular weight is 409 g/mol. The van der Waals surface area contributed by atoms with Gasteiger partial charge >= 0.3 is 6.03 Å². The summed E-state index contributed by atoms with van der Waals surface area (Å²) in [6.07, 6.45) is 1.13. The fraction of sp³-hybridized carbons (Fsp3) is 0.316. The van der Waals surface area contributed by atoms with Crippen molar-refractivity contribution in [1.82, 2.24) is 4.31 Å². The van der Waals surface area contributed by atoms with Crippen molar-refractivity contribution in [1.29, 1.82) is 0 Å². The van der Waals surface area contributed by atoms with Crippen LogP contribution in [0.4, 0.5) is 25.0 Å². The minimum atomic E-state index is -3.31. The number of nitrogens with one attached hydrogen (secondary N) is 2. The molecular weight excluding hydrogens is 388 g/mol. The summed E-state index contributed by atoms with van der Waals surface area (Å²) >= 11 is 0. The van der Waals surface area contributed by atoms with Gasteiger partial charge < -0.3 is 10.6 Å². The summed E-state index contributed by atoms with van der Waals surface area (Å²) in [5.74, 6) is -1.66. The lowest BCUT2D eigenvalue weighted by Gasteiger charge is -2.28. The van der Waals surface area contributed by atoms with Crippen LogP contribution < -0.4 is 10.6 Å². The van der Waals surface area contributed by atoms with E-state index >= 15 is 0 Å². The van der Waals surface area contributed by atoms with Crippen molar-refractivity contribution < 1.29 is 22.0 Å². The van der Waals surface area contributed by atoms with Gasteiger partial charge in [0.25, 0.3) is 0 Å². The van der Waals surface area contributed by atoms with Crippen molar-refractivity contribution in [3.63, 3.8) is 0 Å². The highest BCUT2D eigenvalue weighted by molar-refractivity contribution is 7.89. The third-order valence-corrected chi connectivity index (χ3v) is 6.52. The summed E-state index contributed by atoms with van der Waals surface area (Å²) in [6, 6.07) is 7.67. The number of anilines is 2. The van der Waals surface area contributed by atoms with Crippen LogP contribution in [0.1, 0.15) is 24.5 Å². The summed E-state index contributed by atoms with van der Waals surface area (Å²) < 4.78 is 53.3. The standard InChI is InChI=1S/C19H21F2N3O3S/c1-2-10-28(26,27)24-9-8-13-6-7-15(11-14(13)12-24)22-19(25)23-18-16(20)4-3-5-17(18)21/h3-7,11H,2,8-10,12H2,1H3,(H2,22,23,25). The molecule has 0 unspecified atom stereocenters. The molecule has 0 fully saturated rings. The number of halogens is 2. The zero-order valence-corrected chi connectivity index (χ0v) is 16.2. The Morgan fingerprint density at radius 1 is 1.11 bits per heavy atom. The van der Waals surface area contributed by atoms with E-state index in [1.807, 2.05) is 13.0 Å². The zero-order chi connectivity index (χ0) is 20.3. The molecule has 0 saturated carbocycles. The first kappa shape index (κ1) is 20.2. The second kappa shape index (κ2) is 8.24. The highest BCUT2D eigenvalue weighted by atomic mass is 32.2. The van der Waals surface area contributed by atoms with Crippen LogP contribution in [-0.2, 0) is 23.0 Å². The maximum atomic E-state index is 13.6. The molecule has 3 rings (SSSR count). The van der Waals surface area contributed by atoms with E-state index in [2.05, 4.69) is 10.6 Å². The molecule has 28 heavy (non-hydrogen) atoms. The summed E-state index contributed by atoms with van der Waals surface area (Å²) in [5, 5.41) is 4.67. The number of benzene rings is 2. The first-order valence-electron chi connectivity index (χ1n) is 8.92. The SMILES string of the molecule is CCCS(=O)(=O)N1CCc2ccc(NC(=O)Nc3c(F)cccc3F)cc2C1. The van der Waals surface area contributed by atoms with Gasteiger partial charge in [-0.15, -0.1) is 0 Å². The number of nitrogens with zero attached hydrogens (tertiary/aromatic N) is 1. The summed E-state index contributed by atoms with van der Waals surface area (Å²) in [6.45, 7) is 2.47. The summed E-state index contributed by atoms with van der Waals surface area (Å²) in [4.78, 5) is 12.1. The van der Waals surface area contributed by atoms with Crippen LogP contribution in [0.15, 0.2) is 36.4 Å². The minimum Gasteiger partial charge on any atom is -0.308 e. The van der Waals surface area contributed by atoms with Gasteiger partial charge in [-0.25, -0.2) is 22.0 Å². The van der Waals surface area contributed by atoms with Crippen LogP contribution >= 0.6 is 0 Å². The molecule has 1 heterocycles. The number of hydrogen-bond donors (Lipinski definition) is 2. The molecule has 2 aromatic rings. The molecule has 6 nitrogen and oxygen atoms in total. The maximum absolute atomic E-state index is 13.6. The van der Waals surface area contributed by atoms with Crippen molar-refractivity contribution in [3.05, 3.63) is 59.2 Å². The Balaban J connectivity index is 1.73. The second-order valence-electron chi connectivity index (χ2n) is 6.56. The minimum absolute atomic E-state index is 0.0941. The molecule has 2 N–H and O–H groups in total. The van der Waals surface area contributed by atoms with E-state index in [4.69, 9.17) is 0 Å². The Bertz CT molecular complexity index is 976. The van der Waals surface area contributed by atoms with Gasteiger partial charge in [-0.05, 0) is 48.2 Å². The Hall–Kier alpha value is -2.52. The summed E-state index contributed by atoms with van der Waals surface area (Å²) in [5.41, 5.74) is 1.67. The van der Waals surface area contributed by atoms with Gasteiger partial charge in [-0.3, -0.25) is 0 Å². The van der Waals surface area contributed by atoms with Crippen molar-refractivity contribution in [3.8, 4) is 0 Å². The number of amides is 2. The van der Waals surface area contributed by atoms with Crippen LogP contribution in [0.25, 0.3) is 0 Å². The van der Waals surface area contributed by atoms with E-state index in [1.54, 1.807) is 12.1 Å². The lowest BCUT2D eigenvalue weighted by atomic mass is 10.0. The highest BCUT2D eigenvalue weighted by Gasteiger charge is 2.26. The smallest absolute Gasteiger partial charge is 0.308 e. The number of para-hydroxylation sites is 1. The van der Waals surface area contributed by atoms with Crippen molar-refractivity contribution in [2.24, 2.45) is 0 Å². The van der Waals surface area contributed by atoms with Gasteiger partial charge in [0.15, 0.2) is 0 Å². The van der Waals surface area contributed by atoms with E-state index in [0.717, 1.165) is 23.3 Å². The van der Waals surface area contributed by atoms with E-state index in [9.17, 15) is 22.0 Å². The van der Waals surface area contributed by atoms with Crippen molar-refractivity contribution in [2.75, 3.05) is 22.9 Å². The van der Waals surface area contributed by atoms with Crippen LogP contribution in [0.5, 0.6) is 0 Å². The van der Waals surface area contributed by atoms with E-state index < -0.39 is 33.4 Å². The Morgan fingerprint density at radius 2 is 1.82 bits per heavy atom. The predicted molar refractivity (Wildman–Crippen MR) is 104 cm³/mol. The quantitative estimate of drug-likeness (QED) is 0.790. The van der Waals surface area contributed by atoms with E-state index in [0.29, 0.717) is 25.1 Å². The predicted octanol–water partition coefficient (Wildman–Crippen LogP) is 3.71. The third-order valence-electron chi connectivity index (χ3n) is 4.50. The fourth-order valence-electron chi connectivity index (χ4n) is 3.13. The molecule has 2 aromatic carbocycles. The van der Waals surface area contributed by atoms with Crippen molar-refractivity contribution in [2.45, 2.75) is 26.3 Å². The zero-order valence-electron chi connectivity index (χ0n) is 15.3. The van der Waals surface area contributed by atoms with E-state index in [-0.39, 0.29) is 12.3 Å². The topological polar surface area (TPSA) is 78.5 Å². The molecule has 0 aromatic heterocycles.